The Kier molecular flexibility index (Phi) is 16.4. The van der Waals surface area contributed by atoms with Crippen LogP contribution in [-0.4, -0.2) is 85.2 Å². The number of hydrogen-bond acceptors (Lipinski definition) is 9. The number of halogens is 9. The standard InChI is InChI=1S/C28H30Cl2F2N6OS.C19H10BrCl2F2N3OS/c1-35(2)9-4-10-36-11-13-37(14-12-36)24-16-23-22(34-27(24)40-25-8-7-18(31)15-21(25)32)17-33-28(39)38(23)26-19(29)5-3-6-20(26)30;20-10-7-15-14(26-18(10)29-16-5-4-9(23)6-13(16)24)8-25-19(28)27(15)17-11(21)2-1-3-12(17)22/h3,5-8,15-16H,4,9-14,17H2,1-2H3,(H,33,39);1-7H,8H2,(H,25,28). The monoisotopic (exact) mass is 1120 g/mol. The molecule has 0 saturated carbocycles. The normalized spacial score (nSPS) is 14.8. The molecule has 0 atom stereocenters. The van der Waals surface area contributed by atoms with Crippen molar-refractivity contribution >= 4 is 126 Å². The number of anilines is 5. The number of piperazine rings is 1. The number of carbonyl (C=O) groups excluding carboxylic acids is 2. The van der Waals surface area contributed by atoms with Crippen LogP contribution in [-0.2, 0) is 13.1 Å². The number of carbonyl (C=O) groups is 2. The highest BCUT2D eigenvalue weighted by Gasteiger charge is 2.34. The quantitative estimate of drug-likeness (QED) is 0.123. The van der Waals surface area contributed by atoms with E-state index in [9.17, 15) is 27.2 Å². The van der Waals surface area contributed by atoms with Crippen LogP contribution in [0, 0.1) is 23.3 Å². The maximum atomic E-state index is 14.7. The second kappa shape index (κ2) is 22.3. The summed E-state index contributed by atoms with van der Waals surface area (Å²) in [5, 5.41) is 7.88. The third kappa shape index (κ3) is 11.7. The van der Waals surface area contributed by atoms with E-state index in [1.807, 2.05) is 6.07 Å². The van der Waals surface area contributed by atoms with Gasteiger partial charge in [-0.25, -0.2) is 37.1 Å². The third-order valence-corrected chi connectivity index (χ3v) is 15.2. The Morgan fingerprint density at radius 1 is 0.638 bits per heavy atom. The SMILES string of the molecule is CN(C)CCCN1CCN(c2cc3c(nc2Sc2ccc(F)cc2F)CNC(=O)N3c2c(Cl)cccc2Cl)CC1.O=C1NCc2nc(Sc3ccc(F)cc3F)c(Br)cc2N1c1c(Cl)cccc1Cl. The molecule has 0 spiro atoms. The summed E-state index contributed by atoms with van der Waals surface area (Å²) in [6.45, 7) is 5.60. The highest BCUT2D eigenvalue weighted by Crippen LogP contribution is 2.46. The molecule has 1 saturated heterocycles. The summed E-state index contributed by atoms with van der Waals surface area (Å²) in [5.41, 5.74) is 3.68. The minimum absolute atomic E-state index is 0.180. The number of amides is 4. The number of pyridine rings is 2. The number of benzene rings is 4. The molecule has 6 aromatic rings. The molecular formula is C47H40BrCl4F4N9O2S2. The topological polar surface area (TPSA) is 100 Å². The fraction of sp³-hybridized carbons (Fsp3) is 0.234. The van der Waals surface area contributed by atoms with Crippen molar-refractivity contribution in [3.8, 4) is 0 Å². The number of aromatic nitrogens is 2. The second-order valence-corrected chi connectivity index (χ2v) is 20.5. The van der Waals surface area contributed by atoms with Crippen LogP contribution in [0.2, 0.25) is 20.1 Å². The number of para-hydroxylation sites is 2. The van der Waals surface area contributed by atoms with Gasteiger partial charge < -0.3 is 20.4 Å². The maximum absolute atomic E-state index is 14.7. The third-order valence-electron chi connectivity index (χ3n) is 11.0. The molecule has 3 aliphatic heterocycles. The lowest BCUT2D eigenvalue weighted by molar-refractivity contribution is 0.242. The van der Waals surface area contributed by atoms with Crippen LogP contribution in [0.1, 0.15) is 17.8 Å². The first kappa shape index (κ1) is 50.9. The van der Waals surface area contributed by atoms with E-state index in [1.165, 1.54) is 34.1 Å². The van der Waals surface area contributed by atoms with Crippen molar-refractivity contribution in [3.05, 3.63) is 144 Å². The Bertz CT molecular complexity index is 2900. The van der Waals surface area contributed by atoms with Gasteiger partial charge in [0.2, 0.25) is 0 Å². The number of hydrogen-bond donors (Lipinski definition) is 2. The number of fused-ring (bicyclic) bond motifs is 2. The van der Waals surface area contributed by atoms with Gasteiger partial charge in [0.25, 0.3) is 0 Å². The fourth-order valence-electron chi connectivity index (χ4n) is 7.72. The molecule has 0 radical (unpaired) electrons. The van der Waals surface area contributed by atoms with Crippen molar-refractivity contribution in [2.75, 3.05) is 68.1 Å². The number of nitrogens with zero attached hydrogens (tertiary/aromatic N) is 7. The molecule has 3 aliphatic rings. The Hall–Kier alpha value is -4.50. The zero-order valence-corrected chi connectivity index (χ0v) is 42.9. The molecule has 0 unspecified atom stereocenters. The van der Waals surface area contributed by atoms with Crippen molar-refractivity contribution in [2.45, 2.75) is 39.4 Å². The van der Waals surface area contributed by atoms with E-state index in [0.29, 0.717) is 68.8 Å². The Labute approximate surface area is 432 Å². The second-order valence-electron chi connectivity index (χ2n) is 16.0. The fourth-order valence-corrected chi connectivity index (χ4v) is 11.2. The molecule has 5 heterocycles. The Balaban J connectivity index is 0.000000196. The van der Waals surface area contributed by atoms with Gasteiger partial charge in [-0.05, 0) is 110 Å². The predicted molar refractivity (Wildman–Crippen MR) is 271 cm³/mol. The van der Waals surface area contributed by atoms with Crippen LogP contribution in [0.3, 0.4) is 0 Å². The van der Waals surface area contributed by atoms with Crippen molar-refractivity contribution in [1.82, 2.24) is 30.4 Å². The summed E-state index contributed by atoms with van der Waals surface area (Å²) in [6, 6.07) is 19.7. The van der Waals surface area contributed by atoms with Gasteiger partial charge in [0, 0.05) is 48.1 Å². The molecule has 11 nitrogen and oxygen atoms in total. The van der Waals surface area contributed by atoms with Gasteiger partial charge in [-0.3, -0.25) is 14.7 Å². The summed E-state index contributed by atoms with van der Waals surface area (Å²) in [7, 11) is 4.15. The molecule has 0 aliphatic carbocycles. The van der Waals surface area contributed by atoms with Crippen molar-refractivity contribution in [3.63, 3.8) is 0 Å². The Morgan fingerprint density at radius 3 is 1.58 bits per heavy atom. The summed E-state index contributed by atoms with van der Waals surface area (Å²) in [5.74, 6) is -2.63. The molecule has 0 bridgehead atoms. The summed E-state index contributed by atoms with van der Waals surface area (Å²) >= 11 is 31.2. The molecular weight excluding hydrogens is 1080 g/mol. The minimum Gasteiger partial charge on any atom is -0.367 e. The van der Waals surface area contributed by atoms with Crippen molar-refractivity contribution in [2.24, 2.45) is 0 Å². The van der Waals surface area contributed by atoms with E-state index in [4.69, 9.17) is 51.4 Å². The van der Waals surface area contributed by atoms with Crippen LogP contribution < -0.4 is 25.3 Å². The highest BCUT2D eigenvalue weighted by atomic mass is 79.9. The molecule has 22 heteroatoms. The highest BCUT2D eigenvalue weighted by molar-refractivity contribution is 9.10. The number of nitrogens with one attached hydrogen (secondary N) is 2. The van der Waals surface area contributed by atoms with Gasteiger partial charge in [0.05, 0.1) is 77.5 Å². The van der Waals surface area contributed by atoms with Gasteiger partial charge in [-0.2, -0.15) is 0 Å². The van der Waals surface area contributed by atoms with E-state index < -0.39 is 29.3 Å². The van der Waals surface area contributed by atoms with E-state index in [-0.39, 0.29) is 28.9 Å². The van der Waals surface area contributed by atoms with Crippen LogP contribution in [0.15, 0.2) is 109 Å². The zero-order chi connectivity index (χ0) is 49.1. The summed E-state index contributed by atoms with van der Waals surface area (Å²) in [6.07, 6.45) is 1.08. The minimum atomic E-state index is -0.681. The van der Waals surface area contributed by atoms with Crippen molar-refractivity contribution < 1.29 is 27.2 Å². The Morgan fingerprint density at radius 2 is 1.10 bits per heavy atom. The smallest absolute Gasteiger partial charge is 0.326 e. The average Bonchev–Trinajstić information content (AvgIpc) is 3.30. The number of urea groups is 2. The van der Waals surface area contributed by atoms with E-state index in [1.54, 1.807) is 42.5 Å². The van der Waals surface area contributed by atoms with Crippen LogP contribution >= 0.6 is 85.9 Å². The van der Waals surface area contributed by atoms with Crippen LogP contribution in [0.5, 0.6) is 0 Å². The van der Waals surface area contributed by atoms with E-state index in [0.717, 1.165) is 87.0 Å². The molecule has 2 N–H and O–H groups in total. The first-order valence-corrected chi connectivity index (χ1v) is 25.1. The molecule has 360 valence electrons. The van der Waals surface area contributed by atoms with Gasteiger partial charge in [-0.1, -0.05) is 82.1 Å². The molecule has 1 fully saturated rings. The molecule has 4 aromatic carbocycles. The van der Waals surface area contributed by atoms with E-state index in [2.05, 4.69) is 60.3 Å². The first-order valence-electron chi connectivity index (χ1n) is 21.2. The van der Waals surface area contributed by atoms with Gasteiger partial charge in [0.1, 0.15) is 33.3 Å². The maximum Gasteiger partial charge on any atom is 0.326 e. The average molecular weight is 1120 g/mol. The molecule has 2 aromatic heterocycles. The van der Waals surface area contributed by atoms with Gasteiger partial charge in [0.15, 0.2) is 0 Å². The molecule has 9 rings (SSSR count). The van der Waals surface area contributed by atoms with Crippen molar-refractivity contribution in [1.29, 1.82) is 0 Å². The van der Waals surface area contributed by atoms with Gasteiger partial charge in [-0.15, -0.1) is 0 Å². The predicted octanol–water partition coefficient (Wildman–Crippen LogP) is 13.2. The first-order chi connectivity index (χ1) is 33.1. The lowest BCUT2D eigenvalue weighted by Gasteiger charge is -2.38. The summed E-state index contributed by atoms with van der Waals surface area (Å²) in [4.78, 5) is 45.3. The van der Waals surface area contributed by atoms with Crippen LogP contribution in [0.4, 0.5) is 55.6 Å². The number of rotatable bonds is 11. The summed E-state index contributed by atoms with van der Waals surface area (Å²) < 4.78 is 56.0. The zero-order valence-electron chi connectivity index (χ0n) is 36.6. The lowest BCUT2D eigenvalue weighted by atomic mass is 10.1. The lowest BCUT2D eigenvalue weighted by Crippen LogP contribution is -2.47. The molecule has 4 amide bonds. The van der Waals surface area contributed by atoms with Gasteiger partial charge >= 0.3 is 12.1 Å². The molecule has 69 heavy (non-hydrogen) atoms. The van der Waals surface area contributed by atoms with E-state index >= 15 is 0 Å². The largest absolute Gasteiger partial charge is 0.367 e. The van der Waals surface area contributed by atoms with Crippen LogP contribution in [0.25, 0.3) is 0 Å².